The van der Waals surface area contributed by atoms with Gasteiger partial charge >= 0.3 is 0 Å². The topological polar surface area (TPSA) is 46.6 Å². The van der Waals surface area contributed by atoms with E-state index in [1.165, 1.54) is 4.90 Å². The standard InChI is InChI=1S/C6H8BrNO3/c7-1-2-8-5(9)3-11-4-6(8)10/h1-4H2. The third-order valence-electron chi connectivity index (χ3n) is 1.36. The van der Waals surface area contributed by atoms with E-state index in [9.17, 15) is 9.59 Å². The predicted octanol–water partition coefficient (Wildman–Crippen LogP) is -0.233. The Balaban J connectivity index is 2.55. The number of carbonyl (C=O) groups is 2. The third kappa shape index (κ3) is 2.00. The number of halogens is 1. The Hall–Kier alpha value is -0.420. The maximum Gasteiger partial charge on any atom is 0.255 e. The molecule has 0 aliphatic carbocycles. The van der Waals surface area contributed by atoms with Gasteiger partial charge < -0.3 is 4.74 Å². The molecule has 1 rings (SSSR count). The highest BCUT2D eigenvalue weighted by atomic mass is 79.9. The van der Waals surface area contributed by atoms with E-state index in [4.69, 9.17) is 4.74 Å². The Bertz CT molecular complexity index is 167. The van der Waals surface area contributed by atoms with Crippen LogP contribution in [0.4, 0.5) is 0 Å². The lowest BCUT2D eigenvalue weighted by molar-refractivity contribution is -0.157. The Morgan fingerprint density at radius 1 is 1.36 bits per heavy atom. The van der Waals surface area contributed by atoms with E-state index in [0.29, 0.717) is 11.9 Å². The summed E-state index contributed by atoms with van der Waals surface area (Å²) in [5.74, 6) is -0.499. The highest BCUT2D eigenvalue weighted by molar-refractivity contribution is 9.09. The second-order valence-corrected chi connectivity index (χ2v) is 2.91. The molecule has 1 saturated heterocycles. The minimum Gasteiger partial charge on any atom is -0.362 e. The van der Waals surface area contributed by atoms with Crippen molar-refractivity contribution in [1.82, 2.24) is 4.90 Å². The molecule has 0 unspecified atom stereocenters. The van der Waals surface area contributed by atoms with Gasteiger partial charge in [0.1, 0.15) is 13.2 Å². The monoisotopic (exact) mass is 221 g/mol. The number of carbonyl (C=O) groups excluding carboxylic acids is 2. The number of hydrogen-bond acceptors (Lipinski definition) is 3. The molecule has 2 amide bonds. The molecule has 5 heteroatoms. The molecule has 0 aromatic rings. The van der Waals surface area contributed by atoms with E-state index in [2.05, 4.69) is 15.9 Å². The largest absolute Gasteiger partial charge is 0.362 e. The van der Waals surface area contributed by atoms with Crippen LogP contribution in [0.1, 0.15) is 0 Å². The van der Waals surface area contributed by atoms with Gasteiger partial charge in [0.05, 0.1) is 0 Å². The van der Waals surface area contributed by atoms with Gasteiger partial charge in [0.15, 0.2) is 0 Å². The van der Waals surface area contributed by atoms with Crippen LogP contribution in [0.5, 0.6) is 0 Å². The van der Waals surface area contributed by atoms with E-state index < -0.39 is 0 Å². The molecular formula is C6H8BrNO3. The number of morpholine rings is 1. The van der Waals surface area contributed by atoms with Gasteiger partial charge in [0.2, 0.25) is 0 Å². The summed E-state index contributed by atoms with van der Waals surface area (Å²) >= 11 is 3.15. The molecule has 0 radical (unpaired) electrons. The van der Waals surface area contributed by atoms with Gasteiger partial charge in [-0.15, -0.1) is 0 Å². The van der Waals surface area contributed by atoms with Crippen molar-refractivity contribution < 1.29 is 14.3 Å². The molecule has 62 valence electrons. The molecule has 0 N–H and O–H groups in total. The van der Waals surface area contributed by atoms with Crippen LogP contribution in [-0.2, 0) is 14.3 Å². The van der Waals surface area contributed by atoms with Crippen molar-refractivity contribution in [3.63, 3.8) is 0 Å². The molecule has 4 nitrogen and oxygen atoms in total. The number of ether oxygens (including phenoxy) is 1. The second-order valence-electron chi connectivity index (χ2n) is 2.12. The minimum absolute atomic E-state index is 0.0265. The van der Waals surface area contributed by atoms with Gasteiger partial charge in [-0.2, -0.15) is 0 Å². The van der Waals surface area contributed by atoms with Crippen molar-refractivity contribution in [3.8, 4) is 0 Å². The van der Waals surface area contributed by atoms with Crippen molar-refractivity contribution in [1.29, 1.82) is 0 Å². The van der Waals surface area contributed by atoms with Gasteiger partial charge in [0.25, 0.3) is 11.8 Å². The van der Waals surface area contributed by atoms with E-state index in [-0.39, 0.29) is 25.0 Å². The zero-order valence-electron chi connectivity index (χ0n) is 5.88. The predicted molar refractivity (Wildman–Crippen MR) is 41.3 cm³/mol. The Morgan fingerprint density at radius 3 is 2.36 bits per heavy atom. The molecule has 1 fully saturated rings. The van der Waals surface area contributed by atoms with E-state index in [1.54, 1.807) is 0 Å². The third-order valence-corrected chi connectivity index (χ3v) is 1.72. The van der Waals surface area contributed by atoms with Crippen molar-refractivity contribution in [2.24, 2.45) is 0 Å². The van der Waals surface area contributed by atoms with Crippen LogP contribution in [0.2, 0.25) is 0 Å². The number of hydrogen-bond donors (Lipinski definition) is 0. The van der Waals surface area contributed by atoms with Gasteiger partial charge in [-0.3, -0.25) is 14.5 Å². The summed E-state index contributed by atoms with van der Waals surface area (Å²) in [6.07, 6.45) is 0. The fourth-order valence-electron chi connectivity index (χ4n) is 0.854. The second kappa shape index (κ2) is 3.82. The molecule has 0 saturated carbocycles. The molecule has 0 spiro atoms. The maximum atomic E-state index is 11.0. The van der Waals surface area contributed by atoms with Crippen LogP contribution in [0.25, 0.3) is 0 Å². The average molecular weight is 222 g/mol. The van der Waals surface area contributed by atoms with E-state index in [0.717, 1.165) is 0 Å². The fourth-order valence-corrected chi connectivity index (χ4v) is 1.21. The van der Waals surface area contributed by atoms with E-state index >= 15 is 0 Å². The highest BCUT2D eigenvalue weighted by Gasteiger charge is 2.25. The number of nitrogens with zero attached hydrogens (tertiary/aromatic N) is 1. The molecule has 0 atom stereocenters. The average Bonchev–Trinajstić information content (AvgIpc) is 1.97. The first-order valence-corrected chi connectivity index (χ1v) is 4.34. The van der Waals surface area contributed by atoms with Crippen molar-refractivity contribution in [2.75, 3.05) is 25.1 Å². The summed E-state index contributed by atoms with van der Waals surface area (Å²) in [5, 5.41) is 0.616. The first-order valence-electron chi connectivity index (χ1n) is 3.22. The molecule has 0 aromatic carbocycles. The summed E-state index contributed by atoms with van der Waals surface area (Å²) in [4.78, 5) is 23.1. The maximum absolute atomic E-state index is 11.0. The number of imide groups is 1. The van der Waals surface area contributed by atoms with Crippen LogP contribution >= 0.6 is 15.9 Å². The summed E-state index contributed by atoms with van der Waals surface area (Å²) in [7, 11) is 0. The lowest BCUT2D eigenvalue weighted by Crippen LogP contribution is -2.46. The van der Waals surface area contributed by atoms with Crippen LogP contribution in [0.15, 0.2) is 0 Å². The van der Waals surface area contributed by atoms with Gasteiger partial charge in [0, 0.05) is 11.9 Å². The van der Waals surface area contributed by atoms with Gasteiger partial charge in [-0.25, -0.2) is 0 Å². The van der Waals surface area contributed by atoms with Crippen LogP contribution in [0, 0.1) is 0 Å². The van der Waals surface area contributed by atoms with Crippen LogP contribution in [0.3, 0.4) is 0 Å². The molecule has 0 aromatic heterocycles. The highest BCUT2D eigenvalue weighted by Crippen LogP contribution is 2.00. The SMILES string of the molecule is O=C1COCC(=O)N1CCBr. The lowest BCUT2D eigenvalue weighted by atomic mass is 10.4. The molecule has 11 heavy (non-hydrogen) atoms. The van der Waals surface area contributed by atoms with Gasteiger partial charge in [-0.1, -0.05) is 15.9 Å². The fraction of sp³-hybridized carbons (Fsp3) is 0.667. The van der Waals surface area contributed by atoms with Gasteiger partial charge in [-0.05, 0) is 0 Å². The molecule has 1 aliphatic rings. The Morgan fingerprint density at radius 2 is 1.91 bits per heavy atom. The lowest BCUT2D eigenvalue weighted by Gasteiger charge is -2.23. The normalized spacial score (nSPS) is 19.2. The molecule has 1 heterocycles. The van der Waals surface area contributed by atoms with Crippen molar-refractivity contribution in [2.45, 2.75) is 0 Å². The summed E-state index contributed by atoms with van der Waals surface area (Å²) in [5.41, 5.74) is 0. The van der Waals surface area contributed by atoms with Crippen molar-refractivity contribution in [3.05, 3.63) is 0 Å². The summed E-state index contributed by atoms with van der Waals surface area (Å²) in [6.45, 7) is 0.485. The van der Waals surface area contributed by atoms with Crippen LogP contribution in [-0.4, -0.2) is 41.8 Å². The Labute approximate surface area is 72.6 Å². The minimum atomic E-state index is -0.249. The molecular weight excluding hydrogens is 214 g/mol. The number of amides is 2. The summed E-state index contributed by atoms with van der Waals surface area (Å²) in [6, 6.07) is 0. The number of rotatable bonds is 2. The van der Waals surface area contributed by atoms with Crippen molar-refractivity contribution >= 4 is 27.7 Å². The van der Waals surface area contributed by atoms with E-state index in [1.807, 2.05) is 0 Å². The molecule has 0 bridgehead atoms. The number of alkyl halides is 1. The molecule has 1 aliphatic heterocycles. The first-order chi connectivity index (χ1) is 5.25. The Kier molecular flexibility index (Phi) is 3.02. The zero-order valence-corrected chi connectivity index (χ0v) is 7.46. The summed E-state index contributed by atoms with van der Waals surface area (Å²) < 4.78 is 4.71. The first kappa shape index (κ1) is 8.67. The van der Waals surface area contributed by atoms with Crippen LogP contribution < -0.4 is 0 Å². The quantitative estimate of drug-likeness (QED) is 0.478. The zero-order chi connectivity index (χ0) is 8.27. The smallest absolute Gasteiger partial charge is 0.255 e.